The molecular weight excluding hydrogens is 446 g/mol. The van der Waals surface area contributed by atoms with Crippen molar-refractivity contribution in [3.05, 3.63) is 84.4 Å². The van der Waals surface area contributed by atoms with E-state index < -0.39 is 5.91 Å². The Morgan fingerprint density at radius 1 is 0.857 bits per heavy atom. The normalized spacial score (nSPS) is 15.1. The third kappa shape index (κ3) is 4.51. The van der Waals surface area contributed by atoms with E-state index in [0.29, 0.717) is 28.3 Å². The van der Waals surface area contributed by atoms with E-state index in [0.717, 1.165) is 0 Å². The zero-order valence-corrected chi connectivity index (χ0v) is 18.6. The Hall–Kier alpha value is -4.79. The Balaban J connectivity index is 1.30. The minimum absolute atomic E-state index is 0.0786. The second kappa shape index (κ2) is 9.22. The molecule has 2 heterocycles. The molecule has 35 heavy (non-hydrogen) atoms. The van der Waals surface area contributed by atoms with E-state index in [1.807, 2.05) is 6.07 Å². The summed E-state index contributed by atoms with van der Waals surface area (Å²) in [7, 11) is 0. The number of rotatable bonds is 4. The average molecular weight is 467 g/mol. The van der Waals surface area contributed by atoms with E-state index in [9.17, 15) is 19.2 Å². The summed E-state index contributed by atoms with van der Waals surface area (Å²) in [5.74, 6) is -1.18. The van der Waals surface area contributed by atoms with Crippen LogP contribution in [-0.4, -0.2) is 35.9 Å². The van der Waals surface area contributed by atoms with Gasteiger partial charge in [-0.15, -0.1) is 0 Å². The summed E-state index contributed by atoms with van der Waals surface area (Å²) in [5.41, 5.74) is 2.90. The van der Waals surface area contributed by atoms with Crippen molar-refractivity contribution >= 4 is 52.1 Å². The highest BCUT2D eigenvalue weighted by Gasteiger charge is 2.28. The lowest BCUT2D eigenvalue weighted by Crippen LogP contribution is -2.42. The monoisotopic (exact) mass is 467 g/mol. The van der Waals surface area contributed by atoms with E-state index in [4.69, 9.17) is 0 Å². The van der Waals surface area contributed by atoms with Gasteiger partial charge in [0.25, 0.3) is 11.8 Å². The van der Waals surface area contributed by atoms with E-state index in [-0.39, 0.29) is 42.8 Å². The molecule has 9 nitrogen and oxygen atoms in total. The molecule has 2 aliphatic rings. The van der Waals surface area contributed by atoms with Gasteiger partial charge in [0.1, 0.15) is 12.3 Å². The van der Waals surface area contributed by atoms with Crippen LogP contribution >= 0.6 is 0 Å². The Kier molecular flexibility index (Phi) is 5.80. The van der Waals surface area contributed by atoms with Crippen molar-refractivity contribution in [1.82, 2.24) is 0 Å². The molecule has 0 saturated heterocycles. The molecule has 5 rings (SSSR count). The standard InChI is InChI=1S/C26H21N5O4/c32-23-16-30(22-9-5-4-8-20(22)28-23)26(35)17-10-12-18(13-11-17)27-25(34)21-14-15-24(33)31(29-21)19-6-2-1-3-7-19/h1-13H,14-16H2,(H,27,34)(H,28,32). The molecule has 0 atom stereocenters. The van der Waals surface area contributed by atoms with Crippen LogP contribution < -0.4 is 20.5 Å². The van der Waals surface area contributed by atoms with Gasteiger partial charge in [0, 0.05) is 24.1 Å². The highest BCUT2D eigenvalue weighted by atomic mass is 16.2. The van der Waals surface area contributed by atoms with Crippen LogP contribution in [0.5, 0.6) is 0 Å². The number of hydrogen-bond donors (Lipinski definition) is 2. The smallest absolute Gasteiger partial charge is 0.271 e. The predicted molar refractivity (Wildman–Crippen MR) is 132 cm³/mol. The maximum absolute atomic E-state index is 13.1. The zero-order valence-electron chi connectivity index (χ0n) is 18.6. The molecule has 0 aliphatic carbocycles. The van der Waals surface area contributed by atoms with Gasteiger partial charge in [-0.3, -0.25) is 24.1 Å². The number of nitrogens with zero attached hydrogens (tertiary/aromatic N) is 3. The third-order valence-electron chi connectivity index (χ3n) is 5.70. The van der Waals surface area contributed by atoms with Crippen LogP contribution in [0.2, 0.25) is 0 Å². The highest BCUT2D eigenvalue weighted by molar-refractivity contribution is 6.44. The van der Waals surface area contributed by atoms with Crippen LogP contribution in [0.1, 0.15) is 23.2 Å². The Bertz CT molecular complexity index is 1350. The first-order chi connectivity index (χ1) is 17.0. The molecule has 2 N–H and O–H groups in total. The van der Waals surface area contributed by atoms with E-state index in [1.54, 1.807) is 72.8 Å². The first-order valence-electron chi connectivity index (χ1n) is 11.1. The van der Waals surface area contributed by atoms with Crippen LogP contribution in [-0.2, 0) is 14.4 Å². The summed E-state index contributed by atoms with van der Waals surface area (Å²) in [6.07, 6.45) is 0.417. The lowest BCUT2D eigenvalue weighted by Gasteiger charge is -2.29. The number of hydrogen-bond acceptors (Lipinski definition) is 5. The summed E-state index contributed by atoms with van der Waals surface area (Å²) in [4.78, 5) is 51.6. The number of carbonyl (C=O) groups excluding carboxylic acids is 4. The SMILES string of the molecule is O=C1CN(C(=O)c2ccc(NC(=O)C3=NN(c4ccccc4)C(=O)CC3)cc2)c2ccccc2N1. The van der Waals surface area contributed by atoms with Gasteiger partial charge in [0.15, 0.2) is 0 Å². The Morgan fingerprint density at radius 3 is 2.34 bits per heavy atom. The van der Waals surface area contributed by atoms with Crippen LogP contribution in [0, 0.1) is 0 Å². The second-order valence-corrected chi connectivity index (χ2v) is 8.08. The van der Waals surface area contributed by atoms with Gasteiger partial charge < -0.3 is 10.6 Å². The Morgan fingerprint density at radius 2 is 1.57 bits per heavy atom. The van der Waals surface area contributed by atoms with Crippen molar-refractivity contribution in [2.75, 3.05) is 27.1 Å². The molecule has 0 bridgehead atoms. The van der Waals surface area contributed by atoms with Gasteiger partial charge in [-0.05, 0) is 48.5 Å². The molecule has 4 amide bonds. The third-order valence-corrected chi connectivity index (χ3v) is 5.70. The topological polar surface area (TPSA) is 111 Å². The lowest BCUT2D eigenvalue weighted by atomic mass is 10.1. The largest absolute Gasteiger partial charge is 0.323 e. The summed E-state index contributed by atoms with van der Waals surface area (Å²) >= 11 is 0. The summed E-state index contributed by atoms with van der Waals surface area (Å²) in [5, 5.41) is 11.0. The van der Waals surface area contributed by atoms with Crippen molar-refractivity contribution in [3.63, 3.8) is 0 Å². The molecule has 0 saturated carbocycles. The first-order valence-corrected chi connectivity index (χ1v) is 11.1. The number of nitrogens with one attached hydrogen (secondary N) is 2. The van der Waals surface area contributed by atoms with Gasteiger partial charge >= 0.3 is 0 Å². The molecule has 9 heteroatoms. The number of para-hydroxylation sites is 3. The lowest BCUT2D eigenvalue weighted by molar-refractivity contribution is -0.119. The van der Waals surface area contributed by atoms with E-state index >= 15 is 0 Å². The fourth-order valence-corrected chi connectivity index (χ4v) is 3.96. The summed E-state index contributed by atoms with van der Waals surface area (Å²) in [6, 6.07) is 22.5. The van der Waals surface area contributed by atoms with Crippen LogP contribution in [0.25, 0.3) is 0 Å². The van der Waals surface area contributed by atoms with Gasteiger partial charge in [-0.1, -0.05) is 30.3 Å². The molecule has 0 aromatic heterocycles. The summed E-state index contributed by atoms with van der Waals surface area (Å²) in [6.45, 7) is -0.0786. The number of amides is 4. The number of carbonyl (C=O) groups is 4. The Labute approximate surface area is 201 Å². The molecule has 0 unspecified atom stereocenters. The van der Waals surface area contributed by atoms with Crippen molar-refractivity contribution in [2.45, 2.75) is 12.8 Å². The second-order valence-electron chi connectivity index (χ2n) is 8.08. The van der Waals surface area contributed by atoms with E-state index in [2.05, 4.69) is 15.7 Å². The molecule has 0 fully saturated rings. The van der Waals surface area contributed by atoms with Crippen LogP contribution in [0.15, 0.2) is 84.0 Å². The minimum Gasteiger partial charge on any atom is -0.323 e. The number of hydrazone groups is 1. The average Bonchev–Trinajstić information content (AvgIpc) is 2.89. The molecule has 3 aromatic rings. The first kappa shape index (κ1) is 22.0. The summed E-state index contributed by atoms with van der Waals surface area (Å²) < 4.78 is 0. The van der Waals surface area contributed by atoms with Gasteiger partial charge in [0.2, 0.25) is 11.8 Å². The molecule has 0 radical (unpaired) electrons. The van der Waals surface area contributed by atoms with Gasteiger partial charge in [-0.25, -0.2) is 5.01 Å². The fourth-order valence-electron chi connectivity index (χ4n) is 3.96. The quantitative estimate of drug-likeness (QED) is 0.613. The zero-order chi connectivity index (χ0) is 24.4. The van der Waals surface area contributed by atoms with Crippen molar-refractivity contribution < 1.29 is 19.2 Å². The number of benzene rings is 3. The van der Waals surface area contributed by atoms with Crippen molar-refractivity contribution in [3.8, 4) is 0 Å². The maximum Gasteiger partial charge on any atom is 0.271 e. The van der Waals surface area contributed by atoms with Crippen molar-refractivity contribution in [2.24, 2.45) is 5.10 Å². The van der Waals surface area contributed by atoms with Gasteiger partial charge in [-0.2, -0.15) is 5.10 Å². The highest BCUT2D eigenvalue weighted by Crippen LogP contribution is 2.30. The maximum atomic E-state index is 13.1. The molecular formula is C26H21N5O4. The number of fused-ring (bicyclic) bond motifs is 1. The molecule has 2 aliphatic heterocycles. The molecule has 0 spiro atoms. The molecule has 3 aromatic carbocycles. The minimum atomic E-state index is -0.417. The fraction of sp³-hybridized carbons (Fsp3) is 0.115. The number of anilines is 4. The molecule has 174 valence electrons. The van der Waals surface area contributed by atoms with Crippen LogP contribution in [0.4, 0.5) is 22.7 Å². The van der Waals surface area contributed by atoms with Crippen LogP contribution in [0.3, 0.4) is 0 Å². The van der Waals surface area contributed by atoms with Gasteiger partial charge in [0.05, 0.1) is 17.1 Å². The van der Waals surface area contributed by atoms with Crippen molar-refractivity contribution in [1.29, 1.82) is 0 Å². The van der Waals surface area contributed by atoms with E-state index in [1.165, 1.54) is 9.91 Å². The predicted octanol–water partition coefficient (Wildman–Crippen LogP) is 3.41.